The third-order valence-corrected chi connectivity index (χ3v) is 8.41. The first-order chi connectivity index (χ1) is 14.6. The molecule has 9 heteroatoms. The van der Waals surface area contributed by atoms with Crippen molar-refractivity contribution in [1.29, 1.82) is 0 Å². The summed E-state index contributed by atoms with van der Waals surface area (Å²) in [4.78, 5) is 12.8. The van der Waals surface area contributed by atoms with Gasteiger partial charge in [0, 0.05) is 24.9 Å². The molecule has 1 heterocycles. The summed E-state index contributed by atoms with van der Waals surface area (Å²) in [5, 5.41) is 2.88. The number of sulfonamides is 1. The average Bonchev–Trinajstić information content (AvgIpc) is 2.74. The molecule has 1 atom stereocenters. The highest BCUT2D eigenvalue weighted by Gasteiger charge is 2.24. The first kappa shape index (κ1) is 23.4. The predicted octanol–water partition coefficient (Wildman–Crippen LogP) is 2.90. The third kappa shape index (κ3) is 6.15. The SMILES string of the molecule is C[C@H](NC(=O)c1ccc(CS(=O)(=O)N2CCCCC2)cc1)c1ccc(S(C)(=O)=O)cc1. The summed E-state index contributed by atoms with van der Waals surface area (Å²) >= 11 is 0. The summed E-state index contributed by atoms with van der Waals surface area (Å²) in [5.74, 6) is -0.358. The van der Waals surface area contributed by atoms with Crippen LogP contribution >= 0.6 is 0 Å². The van der Waals surface area contributed by atoms with Crippen LogP contribution in [-0.4, -0.2) is 46.4 Å². The van der Waals surface area contributed by atoms with Crippen LogP contribution in [-0.2, 0) is 25.6 Å². The highest BCUT2D eigenvalue weighted by molar-refractivity contribution is 7.90. The van der Waals surface area contributed by atoms with Gasteiger partial charge in [-0.3, -0.25) is 4.79 Å². The minimum absolute atomic E-state index is 0.0714. The number of carbonyl (C=O) groups excluding carboxylic acids is 1. The first-order valence-corrected chi connectivity index (χ1v) is 13.7. The summed E-state index contributed by atoms with van der Waals surface area (Å²) in [7, 11) is -6.62. The monoisotopic (exact) mass is 464 g/mol. The van der Waals surface area contributed by atoms with Crippen LogP contribution in [0.5, 0.6) is 0 Å². The molecular formula is C22H28N2O5S2. The molecule has 1 N–H and O–H groups in total. The van der Waals surface area contributed by atoms with Gasteiger partial charge in [-0.25, -0.2) is 21.1 Å². The molecule has 1 fully saturated rings. The average molecular weight is 465 g/mol. The van der Waals surface area contributed by atoms with E-state index in [2.05, 4.69) is 5.32 Å². The van der Waals surface area contributed by atoms with Gasteiger partial charge in [-0.1, -0.05) is 30.7 Å². The van der Waals surface area contributed by atoms with Crippen molar-refractivity contribution in [1.82, 2.24) is 9.62 Å². The molecule has 0 spiro atoms. The van der Waals surface area contributed by atoms with E-state index in [1.54, 1.807) is 40.7 Å². The Morgan fingerprint density at radius 1 is 0.935 bits per heavy atom. The van der Waals surface area contributed by atoms with Crippen molar-refractivity contribution in [3.05, 3.63) is 65.2 Å². The van der Waals surface area contributed by atoms with Crippen LogP contribution in [0.25, 0.3) is 0 Å². The van der Waals surface area contributed by atoms with Crippen LogP contribution in [0.2, 0.25) is 0 Å². The summed E-state index contributed by atoms with van der Waals surface area (Å²) in [6, 6.07) is 12.7. The van der Waals surface area contributed by atoms with E-state index in [0.717, 1.165) is 31.1 Å². The molecule has 0 bridgehead atoms. The summed E-state index contributed by atoms with van der Waals surface area (Å²) < 4.78 is 49.8. The second-order valence-electron chi connectivity index (χ2n) is 7.95. The van der Waals surface area contributed by atoms with E-state index in [9.17, 15) is 21.6 Å². The maximum atomic E-state index is 12.6. The normalized spacial score (nSPS) is 16.6. The van der Waals surface area contributed by atoms with Gasteiger partial charge in [0.25, 0.3) is 5.91 Å². The van der Waals surface area contributed by atoms with Crippen molar-refractivity contribution < 1.29 is 21.6 Å². The maximum absolute atomic E-state index is 12.6. The molecule has 7 nitrogen and oxygen atoms in total. The highest BCUT2D eigenvalue weighted by Crippen LogP contribution is 2.19. The number of amides is 1. The fourth-order valence-electron chi connectivity index (χ4n) is 3.56. The molecule has 0 aromatic heterocycles. The van der Waals surface area contributed by atoms with Gasteiger partial charge in [-0.05, 0) is 55.2 Å². The smallest absolute Gasteiger partial charge is 0.251 e. The van der Waals surface area contributed by atoms with E-state index >= 15 is 0 Å². The highest BCUT2D eigenvalue weighted by atomic mass is 32.2. The Kier molecular flexibility index (Phi) is 7.18. The zero-order valence-corrected chi connectivity index (χ0v) is 19.4. The van der Waals surface area contributed by atoms with Crippen molar-refractivity contribution in [2.75, 3.05) is 19.3 Å². The van der Waals surface area contributed by atoms with Crippen LogP contribution < -0.4 is 5.32 Å². The van der Waals surface area contributed by atoms with E-state index in [-0.39, 0.29) is 22.6 Å². The van der Waals surface area contributed by atoms with E-state index in [4.69, 9.17) is 0 Å². The van der Waals surface area contributed by atoms with Crippen molar-refractivity contribution in [3.63, 3.8) is 0 Å². The molecule has 0 radical (unpaired) electrons. The standard InChI is InChI=1S/C22H28N2O5S2/c1-17(19-10-12-21(13-11-19)30(2,26)27)23-22(25)20-8-6-18(7-9-20)16-31(28,29)24-14-4-3-5-15-24/h6-13,17H,3-5,14-16H2,1-2H3,(H,23,25)/t17-/m0/s1. The number of hydrogen-bond donors (Lipinski definition) is 1. The number of rotatable bonds is 7. The van der Waals surface area contributed by atoms with Crippen LogP contribution in [0.4, 0.5) is 0 Å². The zero-order chi connectivity index (χ0) is 22.6. The van der Waals surface area contributed by atoms with Gasteiger partial charge < -0.3 is 5.32 Å². The van der Waals surface area contributed by atoms with Gasteiger partial charge in [0.15, 0.2) is 9.84 Å². The molecular weight excluding hydrogens is 436 g/mol. The fourth-order valence-corrected chi connectivity index (χ4v) is 5.81. The van der Waals surface area contributed by atoms with Crippen molar-refractivity contribution in [2.24, 2.45) is 0 Å². The first-order valence-electron chi connectivity index (χ1n) is 10.2. The maximum Gasteiger partial charge on any atom is 0.251 e. The van der Waals surface area contributed by atoms with Crippen LogP contribution in [0.3, 0.4) is 0 Å². The Morgan fingerprint density at radius 3 is 2.06 bits per heavy atom. The predicted molar refractivity (Wildman–Crippen MR) is 120 cm³/mol. The Balaban J connectivity index is 1.62. The molecule has 1 saturated heterocycles. The molecule has 3 rings (SSSR count). The largest absolute Gasteiger partial charge is 0.346 e. The number of carbonyl (C=O) groups is 1. The number of nitrogens with one attached hydrogen (secondary N) is 1. The zero-order valence-electron chi connectivity index (χ0n) is 17.7. The van der Waals surface area contributed by atoms with Crippen molar-refractivity contribution in [2.45, 2.75) is 42.9 Å². The Bertz CT molecular complexity index is 1120. The number of piperidine rings is 1. The second kappa shape index (κ2) is 9.50. The molecule has 31 heavy (non-hydrogen) atoms. The molecule has 0 saturated carbocycles. The second-order valence-corrected chi connectivity index (χ2v) is 11.9. The molecule has 0 unspecified atom stereocenters. The quantitative estimate of drug-likeness (QED) is 0.679. The minimum atomic E-state index is -3.35. The van der Waals surface area contributed by atoms with Gasteiger partial charge in [-0.2, -0.15) is 0 Å². The minimum Gasteiger partial charge on any atom is -0.346 e. The number of hydrogen-bond acceptors (Lipinski definition) is 5. The number of sulfone groups is 1. The third-order valence-electron chi connectivity index (χ3n) is 5.43. The molecule has 2 aromatic carbocycles. The summed E-state index contributed by atoms with van der Waals surface area (Å²) in [6.45, 7) is 2.96. The van der Waals surface area contributed by atoms with Gasteiger partial charge in [0.2, 0.25) is 10.0 Å². The van der Waals surface area contributed by atoms with E-state index in [0.29, 0.717) is 24.2 Å². The van der Waals surface area contributed by atoms with Gasteiger partial charge in [0.1, 0.15) is 0 Å². The molecule has 1 aliphatic rings. The van der Waals surface area contributed by atoms with Gasteiger partial charge in [0.05, 0.1) is 16.7 Å². The summed E-state index contributed by atoms with van der Waals surface area (Å²) in [6.07, 6.45) is 4.01. The molecule has 1 amide bonds. The lowest BCUT2D eigenvalue weighted by Gasteiger charge is -2.25. The van der Waals surface area contributed by atoms with Crippen molar-refractivity contribution >= 4 is 25.8 Å². The molecule has 0 aliphatic carbocycles. The lowest BCUT2D eigenvalue weighted by Crippen LogP contribution is -2.36. The number of benzene rings is 2. The van der Waals surface area contributed by atoms with Gasteiger partial charge in [-0.15, -0.1) is 0 Å². The topological polar surface area (TPSA) is 101 Å². The summed E-state index contributed by atoms with van der Waals surface area (Å²) in [5.41, 5.74) is 1.86. The van der Waals surface area contributed by atoms with Crippen LogP contribution in [0.15, 0.2) is 53.4 Å². The Hall–Kier alpha value is -2.23. The Morgan fingerprint density at radius 2 is 1.52 bits per heavy atom. The van der Waals surface area contributed by atoms with E-state index in [1.165, 1.54) is 12.1 Å². The van der Waals surface area contributed by atoms with E-state index in [1.807, 2.05) is 6.92 Å². The van der Waals surface area contributed by atoms with Crippen LogP contribution in [0, 0.1) is 0 Å². The lowest BCUT2D eigenvalue weighted by atomic mass is 10.1. The molecule has 1 aliphatic heterocycles. The van der Waals surface area contributed by atoms with Crippen molar-refractivity contribution in [3.8, 4) is 0 Å². The van der Waals surface area contributed by atoms with E-state index < -0.39 is 19.9 Å². The number of nitrogens with zero attached hydrogens (tertiary/aromatic N) is 1. The fraction of sp³-hybridized carbons (Fsp3) is 0.409. The lowest BCUT2D eigenvalue weighted by molar-refractivity contribution is 0.0940. The Labute approximate surface area is 184 Å². The van der Waals surface area contributed by atoms with Crippen LogP contribution in [0.1, 0.15) is 53.7 Å². The van der Waals surface area contributed by atoms with Gasteiger partial charge >= 0.3 is 0 Å². The molecule has 2 aromatic rings. The molecule has 168 valence electrons.